The SMILES string of the molecule is Cn1nc(C(F)(F)F)cc1-c1nc2c3c4c(sc3ncn2n1)C[C@@H](C(C)(C)C)CC4. The van der Waals surface area contributed by atoms with E-state index >= 15 is 0 Å². The molecule has 4 aromatic heterocycles. The molecule has 158 valence electrons. The molecule has 0 N–H and O–H groups in total. The highest BCUT2D eigenvalue weighted by Gasteiger charge is 2.35. The van der Waals surface area contributed by atoms with Crippen LogP contribution in [0.1, 0.15) is 43.3 Å². The van der Waals surface area contributed by atoms with Gasteiger partial charge in [0.05, 0.1) is 5.39 Å². The fourth-order valence-electron chi connectivity index (χ4n) is 4.24. The summed E-state index contributed by atoms with van der Waals surface area (Å²) >= 11 is 1.69. The second kappa shape index (κ2) is 6.26. The molecule has 0 spiro atoms. The Balaban J connectivity index is 1.64. The highest BCUT2D eigenvalue weighted by atomic mass is 32.1. The number of halogens is 3. The van der Waals surface area contributed by atoms with Crippen LogP contribution in [-0.4, -0.2) is 29.4 Å². The van der Waals surface area contributed by atoms with Gasteiger partial charge in [-0.05, 0) is 42.2 Å². The Labute approximate surface area is 174 Å². The smallest absolute Gasteiger partial charge is 0.264 e. The molecule has 30 heavy (non-hydrogen) atoms. The van der Waals surface area contributed by atoms with Crippen molar-refractivity contribution in [2.24, 2.45) is 18.4 Å². The van der Waals surface area contributed by atoms with Crippen LogP contribution in [0.2, 0.25) is 0 Å². The first-order chi connectivity index (χ1) is 14.0. The van der Waals surface area contributed by atoms with Gasteiger partial charge in [0, 0.05) is 11.9 Å². The van der Waals surface area contributed by atoms with Gasteiger partial charge in [-0.1, -0.05) is 20.8 Å². The van der Waals surface area contributed by atoms with Crippen LogP contribution >= 0.6 is 11.3 Å². The fraction of sp³-hybridized carbons (Fsp3) is 0.500. The van der Waals surface area contributed by atoms with Crippen LogP contribution < -0.4 is 0 Å². The lowest BCUT2D eigenvalue weighted by Gasteiger charge is -2.33. The van der Waals surface area contributed by atoms with Gasteiger partial charge in [0.1, 0.15) is 16.9 Å². The molecule has 1 aliphatic carbocycles. The van der Waals surface area contributed by atoms with Crippen molar-refractivity contribution in [1.29, 1.82) is 0 Å². The Morgan fingerprint density at radius 1 is 1.17 bits per heavy atom. The first kappa shape index (κ1) is 19.5. The van der Waals surface area contributed by atoms with E-state index in [0.717, 1.165) is 35.5 Å². The fourth-order valence-corrected chi connectivity index (χ4v) is 5.50. The molecule has 0 aliphatic heterocycles. The van der Waals surface area contributed by atoms with Gasteiger partial charge in [-0.25, -0.2) is 14.5 Å². The molecule has 0 radical (unpaired) electrons. The third-order valence-electron chi connectivity index (χ3n) is 6.01. The molecule has 10 heteroatoms. The van der Waals surface area contributed by atoms with Crippen molar-refractivity contribution in [3.05, 3.63) is 28.5 Å². The summed E-state index contributed by atoms with van der Waals surface area (Å²) in [5, 5.41) is 8.94. The lowest BCUT2D eigenvalue weighted by molar-refractivity contribution is -0.141. The minimum absolute atomic E-state index is 0.207. The van der Waals surface area contributed by atoms with Gasteiger partial charge in [-0.3, -0.25) is 4.68 Å². The first-order valence-electron chi connectivity index (χ1n) is 9.79. The van der Waals surface area contributed by atoms with Gasteiger partial charge in [0.15, 0.2) is 17.2 Å². The molecule has 0 saturated heterocycles. The van der Waals surface area contributed by atoms with Gasteiger partial charge in [-0.15, -0.1) is 16.4 Å². The second-order valence-electron chi connectivity index (χ2n) is 8.97. The molecule has 1 atom stereocenters. The zero-order chi connectivity index (χ0) is 21.4. The predicted molar refractivity (Wildman–Crippen MR) is 108 cm³/mol. The lowest BCUT2D eigenvalue weighted by Crippen LogP contribution is -2.26. The molecular weight excluding hydrogens is 413 g/mol. The Morgan fingerprint density at radius 2 is 1.93 bits per heavy atom. The topological polar surface area (TPSA) is 60.9 Å². The summed E-state index contributed by atoms with van der Waals surface area (Å²) in [5.41, 5.74) is 1.40. The molecule has 6 nitrogen and oxygen atoms in total. The van der Waals surface area contributed by atoms with E-state index in [4.69, 9.17) is 0 Å². The van der Waals surface area contributed by atoms with E-state index < -0.39 is 11.9 Å². The molecule has 1 aliphatic rings. The van der Waals surface area contributed by atoms with Crippen molar-refractivity contribution in [2.45, 2.75) is 46.2 Å². The molecule has 5 rings (SSSR count). The number of aromatic nitrogens is 6. The van der Waals surface area contributed by atoms with Crippen molar-refractivity contribution in [3.8, 4) is 11.5 Å². The average molecular weight is 434 g/mol. The molecule has 4 aromatic rings. The lowest BCUT2D eigenvalue weighted by atomic mass is 9.72. The van der Waals surface area contributed by atoms with Crippen LogP contribution in [-0.2, 0) is 26.1 Å². The largest absolute Gasteiger partial charge is 0.435 e. The van der Waals surface area contributed by atoms with Crippen LogP contribution in [0.25, 0.3) is 27.4 Å². The van der Waals surface area contributed by atoms with Crippen LogP contribution in [0.4, 0.5) is 13.2 Å². The van der Waals surface area contributed by atoms with E-state index in [0.29, 0.717) is 11.6 Å². The number of alkyl halides is 3. The number of rotatable bonds is 1. The maximum Gasteiger partial charge on any atom is 0.435 e. The summed E-state index contributed by atoms with van der Waals surface area (Å²) in [5.74, 6) is 0.816. The van der Waals surface area contributed by atoms with E-state index in [1.165, 1.54) is 22.2 Å². The molecule has 4 heterocycles. The normalized spacial score (nSPS) is 17.8. The monoisotopic (exact) mass is 434 g/mol. The molecule has 0 amide bonds. The van der Waals surface area contributed by atoms with Crippen molar-refractivity contribution in [1.82, 2.24) is 29.4 Å². The Hall–Kier alpha value is -2.49. The molecule has 0 aromatic carbocycles. The number of hydrogen-bond donors (Lipinski definition) is 0. The summed E-state index contributed by atoms with van der Waals surface area (Å²) in [6.07, 6.45) is 0.133. The highest BCUT2D eigenvalue weighted by Crippen LogP contribution is 2.43. The number of thiophene rings is 1. The van der Waals surface area contributed by atoms with E-state index in [1.807, 2.05) is 0 Å². The molecule has 0 bridgehead atoms. The quantitative estimate of drug-likeness (QED) is 0.427. The Bertz CT molecular complexity index is 1270. The molecule has 0 fully saturated rings. The van der Waals surface area contributed by atoms with E-state index in [-0.39, 0.29) is 16.9 Å². The van der Waals surface area contributed by atoms with E-state index in [9.17, 15) is 13.2 Å². The standard InChI is InChI=1S/C20H21F3N6S/c1-19(2,3)10-5-6-11-13(7-10)30-18-15(11)17-25-16(27-29(17)9-24-18)12-8-14(20(21,22)23)26-28(12)4/h8-10H,5-7H2,1-4H3/t10-/m0/s1. The third kappa shape index (κ3) is 3.00. The Kier molecular flexibility index (Phi) is 4.06. The van der Waals surface area contributed by atoms with E-state index in [2.05, 4.69) is 40.9 Å². The number of hydrogen-bond acceptors (Lipinski definition) is 5. The van der Waals surface area contributed by atoms with Gasteiger partial charge in [0.25, 0.3) is 0 Å². The summed E-state index contributed by atoms with van der Waals surface area (Å²) in [4.78, 5) is 11.4. The van der Waals surface area contributed by atoms with E-state index in [1.54, 1.807) is 22.2 Å². The van der Waals surface area contributed by atoms with Crippen LogP contribution in [0.15, 0.2) is 12.4 Å². The van der Waals surface area contributed by atoms with Gasteiger partial charge in [0.2, 0.25) is 0 Å². The number of nitrogens with zero attached hydrogens (tertiary/aromatic N) is 6. The van der Waals surface area contributed by atoms with Gasteiger partial charge >= 0.3 is 6.18 Å². The van der Waals surface area contributed by atoms with Crippen LogP contribution in [0.3, 0.4) is 0 Å². The second-order valence-corrected chi connectivity index (χ2v) is 10.1. The van der Waals surface area contributed by atoms with Crippen molar-refractivity contribution < 1.29 is 13.2 Å². The number of fused-ring (bicyclic) bond motifs is 5. The van der Waals surface area contributed by atoms with Crippen molar-refractivity contribution >= 4 is 27.2 Å². The first-order valence-corrected chi connectivity index (χ1v) is 10.6. The third-order valence-corrected chi connectivity index (χ3v) is 7.17. The summed E-state index contributed by atoms with van der Waals surface area (Å²) in [6, 6.07) is 0.983. The predicted octanol–water partition coefficient (Wildman–Crippen LogP) is 4.91. The van der Waals surface area contributed by atoms with Gasteiger partial charge < -0.3 is 0 Å². The van der Waals surface area contributed by atoms with Crippen molar-refractivity contribution in [3.63, 3.8) is 0 Å². The van der Waals surface area contributed by atoms with Crippen molar-refractivity contribution in [2.75, 3.05) is 0 Å². The summed E-state index contributed by atoms with van der Waals surface area (Å²) < 4.78 is 41.8. The zero-order valence-corrected chi connectivity index (χ0v) is 17.9. The average Bonchev–Trinajstić information content (AvgIpc) is 3.32. The highest BCUT2D eigenvalue weighted by molar-refractivity contribution is 7.19. The number of aryl methyl sites for hydroxylation is 2. The molecule has 0 saturated carbocycles. The Morgan fingerprint density at radius 3 is 2.60 bits per heavy atom. The summed E-state index contributed by atoms with van der Waals surface area (Å²) in [6.45, 7) is 6.83. The molecular formula is C20H21F3N6S. The van der Waals surface area contributed by atoms with Crippen LogP contribution in [0, 0.1) is 11.3 Å². The maximum absolute atomic E-state index is 13.0. The molecule has 0 unspecified atom stereocenters. The zero-order valence-electron chi connectivity index (χ0n) is 17.1. The minimum Gasteiger partial charge on any atom is -0.264 e. The van der Waals surface area contributed by atoms with Crippen LogP contribution in [0.5, 0.6) is 0 Å². The summed E-state index contributed by atoms with van der Waals surface area (Å²) in [7, 11) is 1.46. The maximum atomic E-state index is 13.0. The van der Waals surface area contributed by atoms with Gasteiger partial charge in [-0.2, -0.15) is 18.3 Å². The minimum atomic E-state index is -4.51.